The second-order valence-corrected chi connectivity index (χ2v) is 8.65. The molecule has 3 aromatic rings. The Morgan fingerprint density at radius 2 is 1.76 bits per heavy atom. The van der Waals surface area contributed by atoms with Crippen molar-refractivity contribution in [3.63, 3.8) is 0 Å². The minimum Gasteiger partial charge on any atom is -0.484 e. The monoisotopic (exact) mass is 404 g/mol. The van der Waals surface area contributed by atoms with E-state index in [0.29, 0.717) is 12.3 Å². The average Bonchev–Trinajstić information content (AvgIpc) is 3.05. The van der Waals surface area contributed by atoms with Crippen LogP contribution >= 0.6 is 11.8 Å². The number of nitrogens with zero attached hydrogens (tertiary/aromatic N) is 2. The number of carbonyl (C=O) groups excluding carboxylic acids is 1. The Kier molecular flexibility index (Phi) is 5.58. The van der Waals surface area contributed by atoms with E-state index in [-0.39, 0.29) is 18.1 Å². The van der Waals surface area contributed by atoms with E-state index in [2.05, 4.69) is 19.9 Å². The fourth-order valence-corrected chi connectivity index (χ4v) is 4.64. The minimum atomic E-state index is -0.288. The third-order valence-corrected chi connectivity index (χ3v) is 6.34. The van der Waals surface area contributed by atoms with Gasteiger partial charge in [0.05, 0.1) is 12.1 Å². The quantitative estimate of drug-likeness (QED) is 0.592. The molecule has 0 spiro atoms. The highest BCUT2D eigenvalue weighted by Gasteiger charge is 2.41. The van der Waals surface area contributed by atoms with Gasteiger partial charge in [0.15, 0.2) is 11.8 Å². The van der Waals surface area contributed by atoms with E-state index < -0.39 is 0 Å². The summed E-state index contributed by atoms with van der Waals surface area (Å²) in [6, 6.07) is 24.1. The van der Waals surface area contributed by atoms with Gasteiger partial charge in [-0.05, 0) is 42.3 Å². The Balaban J connectivity index is 1.47. The Hall–Kier alpha value is -2.79. The van der Waals surface area contributed by atoms with Crippen molar-refractivity contribution < 1.29 is 9.53 Å². The molecular formula is C24H24N2O2S. The molecule has 0 bridgehead atoms. The van der Waals surface area contributed by atoms with E-state index in [1.165, 1.54) is 0 Å². The number of rotatable bonds is 5. The fourth-order valence-electron chi connectivity index (χ4n) is 3.40. The highest BCUT2D eigenvalue weighted by atomic mass is 32.2. The molecule has 5 heteroatoms. The van der Waals surface area contributed by atoms with Gasteiger partial charge in [-0.25, -0.2) is 0 Å². The van der Waals surface area contributed by atoms with Crippen molar-refractivity contribution in [1.29, 1.82) is 0 Å². The summed E-state index contributed by atoms with van der Waals surface area (Å²) >= 11 is 1.63. The highest BCUT2D eigenvalue weighted by molar-refractivity contribution is 8.14. The van der Waals surface area contributed by atoms with Crippen molar-refractivity contribution in [2.45, 2.75) is 25.9 Å². The van der Waals surface area contributed by atoms with E-state index >= 15 is 0 Å². The Morgan fingerprint density at radius 3 is 2.55 bits per heavy atom. The molecule has 1 aliphatic heterocycles. The first-order valence-electron chi connectivity index (χ1n) is 9.69. The number of ether oxygens (including phenoxy) is 1. The van der Waals surface area contributed by atoms with Crippen LogP contribution in [0.25, 0.3) is 10.8 Å². The summed E-state index contributed by atoms with van der Waals surface area (Å²) in [6.07, 6.45) is 0. The van der Waals surface area contributed by atoms with Crippen molar-refractivity contribution in [3.8, 4) is 5.75 Å². The smallest absolute Gasteiger partial charge is 0.266 e. The third kappa shape index (κ3) is 4.46. The van der Waals surface area contributed by atoms with Gasteiger partial charge < -0.3 is 4.74 Å². The van der Waals surface area contributed by atoms with E-state index in [1.54, 1.807) is 16.7 Å². The van der Waals surface area contributed by atoms with Gasteiger partial charge in [0.2, 0.25) is 0 Å². The summed E-state index contributed by atoms with van der Waals surface area (Å²) < 4.78 is 5.84. The second kappa shape index (κ2) is 8.29. The van der Waals surface area contributed by atoms with Gasteiger partial charge in [0.1, 0.15) is 5.75 Å². The van der Waals surface area contributed by atoms with Crippen LogP contribution in [0.3, 0.4) is 0 Å². The standard InChI is InChI=1S/C24H24N2O2S/c1-24(2)17-29-23(25-15-18-8-4-3-5-9-18)26(24)22(27)16-28-21-13-12-19-10-6-7-11-20(19)14-21/h3-14H,15-17H2,1-2H3. The van der Waals surface area contributed by atoms with Crippen molar-refractivity contribution in [3.05, 3.63) is 78.4 Å². The molecule has 3 aromatic carbocycles. The van der Waals surface area contributed by atoms with E-state index in [0.717, 1.165) is 27.3 Å². The van der Waals surface area contributed by atoms with Gasteiger partial charge in [0, 0.05) is 5.75 Å². The Labute approximate surface area is 175 Å². The number of hydrogen-bond donors (Lipinski definition) is 0. The van der Waals surface area contributed by atoms with E-state index in [4.69, 9.17) is 9.73 Å². The van der Waals surface area contributed by atoms with Crippen LogP contribution in [0, 0.1) is 0 Å². The number of amidine groups is 1. The molecule has 1 amide bonds. The zero-order valence-corrected chi connectivity index (χ0v) is 17.5. The molecule has 1 heterocycles. The van der Waals surface area contributed by atoms with Crippen LogP contribution in [0.15, 0.2) is 77.8 Å². The van der Waals surface area contributed by atoms with E-state index in [1.807, 2.05) is 66.7 Å². The molecule has 148 valence electrons. The summed E-state index contributed by atoms with van der Waals surface area (Å²) in [5.41, 5.74) is 0.842. The predicted molar refractivity (Wildman–Crippen MR) is 120 cm³/mol. The summed E-state index contributed by atoms with van der Waals surface area (Å²) in [5, 5.41) is 3.02. The molecule has 0 radical (unpaired) electrons. The molecule has 4 nitrogen and oxygen atoms in total. The van der Waals surface area contributed by atoms with Crippen molar-refractivity contribution >= 4 is 33.6 Å². The maximum atomic E-state index is 13.0. The first kappa shape index (κ1) is 19.5. The van der Waals surface area contributed by atoms with Crippen molar-refractivity contribution in [2.75, 3.05) is 12.4 Å². The molecular weight excluding hydrogens is 380 g/mol. The van der Waals surface area contributed by atoms with Gasteiger partial charge in [-0.3, -0.25) is 14.7 Å². The molecule has 1 saturated heterocycles. The molecule has 4 rings (SSSR count). The summed E-state index contributed by atoms with van der Waals surface area (Å²) in [7, 11) is 0. The lowest BCUT2D eigenvalue weighted by atomic mass is 10.1. The normalized spacial score (nSPS) is 17.0. The van der Waals surface area contributed by atoms with Crippen molar-refractivity contribution in [2.24, 2.45) is 4.99 Å². The average molecular weight is 405 g/mol. The predicted octanol–water partition coefficient (Wildman–Crippen LogP) is 5.13. The molecule has 0 saturated carbocycles. The molecule has 0 N–H and O–H groups in total. The highest BCUT2D eigenvalue weighted by Crippen LogP contribution is 2.33. The van der Waals surface area contributed by atoms with E-state index in [9.17, 15) is 4.79 Å². The van der Waals surface area contributed by atoms with Crippen LogP contribution in [0.5, 0.6) is 5.75 Å². The zero-order chi connectivity index (χ0) is 20.3. The molecule has 29 heavy (non-hydrogen) atoms. The van der Waals surface area contributed by atoms with Crippen LogP contribution in [0.4, 0.5) is 0 Å². The first-order valence-corrected chi connectivity index (χ1v) is 10.7. The first-order chi connectivity index (χ1) is 14.0. The minimum absolute atomic E-state index is 0.00725. The summed E-state index contributed by atoms with van der Waals surface area (Å²) in [4.78, 5) is 19.5. The van der Waals surface area contributed by atoms with Crippen LogP contribution < -0.4 is 4.74 Å². The summed E-state index contributed by atoms with van der Waals surface area (Å²) in [6.45, 7) is 4.69. The fraction of sp³-hybridized carbons (Fsp3) is 0.250. The molecule has 1 aliphatic rings. The van der Waals surface area contributed by atoms with Crippen LogP contribution in [-0.2, 0) is 11.3 Å². The lowest BCUT2D eigenvalue weighted by Crippen LogP contribution is -2.48. The molecule has 0 unspecified atom stereocenters. The number of amides is 1. The number of carbonyl (C=O) groups is 1. The lowest BCUT2D eigenvalue weighted by Gasteiger charge is -2.30. The van der Waals surface area contributed by atoms with Gasteiger partial charge >= 0.3 is 0 Å². The van der Waals surface area contributed by atoms with Gasteiger partial charge in [-0.15, -0.1) is 0 Å². The van der Waals surface area contributed by atoms with Crippen LogP contribution in [-0.4, -0.2) is 33.9 Å². The van der Waals surface area contributed by atoms with Gasteiger partial charge in [0.25, 0.3) is 5.91 Å². The number of thioether (sulfide) groups is 1. The van der Waals surface area contributed by atoms with Crippen LogP contribution in [0.1, 0.15) is 19.4 Å². The molecule has 0 atom stereocenters. The summed E-state index contributed by atoms with van der Waals surface area (Å²) in [5.74, 6) is 1.45. The van der Waals surface area contributed by atoms with Gasteiger partial charge in [-0.2, -0.15) is 0 Å². The molecule has 1 fully saturated rings. The largest absolute Gasteiger partial charge is 0.484 e. The van der Waals surface area contributed by atoms with Crippen LogP contribution in [0.2, 0.25) is 0 Å². The maximum Gasteiger partial charge on any atom is 0.266 e. The molecule has 0 aromatic heterocycles. The van der Waals surface area contributed by atoms with Crippen molar-refractivity contribution in [1.82, 2.24) is 4.90 Å². The lowest BCUT2D eigenvalue weighted by molar-refractivity contribution is -0.132. The number of aliphatic imine (C=N–C) groups is 1. The number of benzene rings is 3. The SMILES string of the molecule is CC1(C)CSC(=NCc2ccccc2)N1C(=O)COc1ccc2ccccc2c1. The van der Waals surface area contributed by atoms with Gasteiger partial charge in [-0.1, -0.05) is 72.4 Å². The number of fused-ring (bicyclic) bond motifs is 1. The molecule has 0 aliphatic carbocycles. The second-order valence-electron chi connectivity index (χ2n) is 7.71. The number of hydrogen-bond acceptors (Lipinski definition) is 4. The zero-order valence-electron chi connectivity index (χ0n) is 16.7. The third-order valence-electron chi connectivity index (χ3n) is 4.92. The Bertz CT molecular complexity index is 1050. The maximum absolute atomic E-state index is 13.0. The Morgan fingerprint density at radius 1 is 1.03 bits per heavy atom. The topological polar surface area (TPSA) is 41.9 Å².